The predicted octanol–water partition coefficient (Wildman–Crippen LogP) is 2.79. The van der Waals surface area contributed by atoms with Gasteiger partial charge in [-0.05, 0) is 31.9 Å². The molecule has 1 unspecified atom stereocenters. The lowest BCUT2D eigenvalue weighted by atomic mass is 9.88. The topological polar surface area (TPSA) is 56.1 Å². The van der Waals surface area contributed by atoms with Crippen molar-refractivity contribution in [3.05, 3.63) is 35.2 Å². The number of nitrogens with zero attached hydrogens (tertiary/aromatic N) is 3. The Morgan fingerprint density at radius 2 is 2.20 bits per heavy atom. The molecule has 7 heteroatoms. The van der Waals surface area contributed by atoms with Crippen molar-refractivity contribution >= 4 is 23.2 Å². The van der Waals surface area contributed by atoms with Crippen molar-refractivity contribution < 1.29 is 14.3 Å². The van der Waals surface area contributed by atoms with Crippen molar-refractivity contribution in [2.45, 2.75) is 37.9 Å². The zero-order chi connectivity index (χ0) is 17.4. The van der Waals surface area contributed by atoms with E-state index in [-0.39, 0.29) is 17.6 Å². The highest BCUT2D eigenvalue weighted by Crippen LogP contribution is 2.37. The van der Waals surface area contributed by atoms with Crippen LogP contribution < -0.4 is 0 Å². The number of hydrogen-bond donors (Lipinski definition) is 0. The van der Waals surface area contributed by atoms with Crippen LogP contribution in [0, 0.1) is 0 Å². The molecule has 0 radical (unpaired) electrons. The number of pyridine rings is 1. The van der Waals surface area contributed by atoms with Gasteiger partial charge in [-0.25, -0.2) is 4.98 Å². The Kier molecular flexibility index (Phi) is 4.43. The molecule has 4 heterocycles. The number of fused-ring (bicyclic) bond motifs is 1. The highest BCUT2D eigenvalue weighted by molar-refractivity contribution is 6.30. The number of hydrogen-bond acceptors (Lipinski definition) is 4. The largest absolute Gasteiger partial charge is 0.376 e. The molecule has 0 bridgehead atoms. The molecule has 0 N–H and O–H groups in total. The second-order valence-electron chi connectivity index (χ2n) is 6.81. The fraction of sp³-hybridized carbons (Fsp3) is 0.556. The zero-order valence-corrected chi connectivity index (χ0v) is 15.0. The lowest BCUT2D eigenvalue weighted by Crippen LogP contribution is -2.46. The van der Waals surface area contributed by atoms with Gasteiger partial charge in [0.05, 0.1) is 23.3 Å². The summed E-state index contributed by atoms with van der Waals surface area (Å²) >= 11 is 5.99. The number of piperidine rings is 1. The number of likely N-dealkylation sites (tertiary alicyclic amines) is 1. The zero-order valence-electron chi connectivity index (χ0n) is 14.3. The maximum Gasteiger partial charge on any atom is 0.274 e. The minimum absolute atomic E-state index is 0.0333. The van der Waals surface area contributed by atoms with Crippen LogP contribution in [0.25, 0.3) is 5.65 Å². The van der Waals surface area contributed by atoms with Gasteiger partial charge in [0.1, 0.15) is 11.3 Å². The van der Waals surface area contributed by atoms with Crippen LogP contribution in [0.4, 0.5) is 0 Å². The molecule has 1 spiro atoms. The van der Waals surface area contributed by atoms with Gasteiger partial charge in [0, 0.05) is 38.5 Å². The molecule has 2 saturated heterocycles. The molecule has 2 aromatic heterocycles. The Morgan fingerprint density at radius 3 is 2.96 bits per heavy atom. The molecule has 2 aliphatic rings. The van der Waals surface area contributed by atoms with Gasteiger partial charge in [0.15, 0.2) is 0 Å². The summed E-state index contributed by atoms with van der Waals surface area (Å²) in [6, 6.07) is 3.58. The van der Waals surface area contributed by atoms with Gasteiger partial charge in [-0.15, -0.1) is 0 Å². The maximum absolute atomic E-state index is 12.8. The fourth-order valence-electron chi connectivity index (χ4n) is 3.84. The van der Waals surface area contributed by atoms with E-state index < -0.39 is 0 Å². The molecule has 0 aliphatic carbocycles. The summed E-state index contributed by atoms with van der Waals surface area (Å²) in [5, 5.41) is 0.617. The van der Waals surface area contributed by atoms with Crippen LogP contribution in [0.1, 0.15) is 36.7 Å². The molecule has 0 saturated carbocycles. The van der Waals surface area contributed by atoms with Crippen LogP contribution in [-0.2, 0) is 9.47 Å². The minimum Gasteiger partial charge on any atom is -0.376 e. The van der Waals surface area contributed by atoms with E-state index in [1.54, 1.807) is 22.9 Å². The molecule has 6 nitrogen and oxygen atoms in total. The van der Waals surface area contributed by atoms with Crippen LogP contribution in [-0.4, -0.2) is 58.2 Å². The molecule has 2 aliphatic heterocycles. The summed E-state index contributed by atoms with van der Waals surface area (Å²) in [7, 11) is 0. The Balaban J connectivity index is 1.42. The van der Waals surface area contributed by atoms with Crippen LogP contribution in [0.15, 0.2) is 24.5 Å². The number of amides is 1. The Hall–Kier alpha value is -1.63. The van der Waals surface area contributed by atoms with E-state index in [4.69, 9.17) is 21.1 Å². The minimum atomic E-state index is -0.122. The fourth-order valence-corrected chi connectivity index (χ4v) is 4.01. The van der Waals surface area contributed by atoms with E-state index in [2.05, 4.69) is 4.98 Å². The summed E-state index contributed by atoms with van der Waals surface area (Å²) in [4.78, 5) is 19.1. The lowest BCUT2D eigenvalue weighted by Gasteiger charge is -2.38. The van der Waals surface area contributed by atoms with Crippen molar-refractivity contribution in [2.75, 3.05) is 26.3 Å². The number of rotatable bonds is 3. The van der Waals surface area contributed by atoms with Crippen LogP contribution in [0.2, 0.25) is 5.02 Å². The molecule has 2 fully saturated rings. The van der Waals surface area contributed by atoms with Gasteiger partial charge in [0.2, 0.25) is 0 Å². The van der Waals surface area contributed by atoms with Crippen molar-refractivity contribution in [2.24, 2.45) is 0 Å². The molecule has 134 valence electrons. The van der Waals surface area contributed by atoms with Crippen LogP contribution >= 0.6 is 11.6 Å². The number of halogens is 1. The van der Waals surface area contributed by atoms with Crippen LogP contribution in [0.3, 0.4) is 0 Å². The molecular weight excluding hydrogens is 342 g/mol. The van der Waals surface area contributed by atoms with Gasteiger partial charge in [-0.1, -0.05) is 11.6 Å². The van der Waals surface area contributed by atoms with E-state index in [1.807, 2.05) is 17.9 Å². The van der Waals surface area contributed by atoms with E-state index in [0.717, 1.165) is 24.9 Å². The lowest BCUT2D eigenvalue weighted by molar-refractivity contribution is -0.0408. The van der Waals surface area contributed by atoms with E-state index in [1.165, 1.54) is 0 Å². The molecule has 2 aromatic rings. The van der Waals surface area contributed by atoms with Gasteiger partial charge in [-0.2, -0.15) is 0 Å². The van der Waals surface area contributed by atoms with E-state index in [0.29, 0.717) is 37.0 Å². The third-order valence-corrected chi connectivity index (χ3v) is 5.40. The third kappa shape index (κ3) is 3.26. The summed E-state index contributed by atoms with van der Waals surface area (Å²) in [5.74, 6) is -0.0333. The van der Waals surface area contributed by atoms with Crippen molar-refractivity contribution in [3.63, 3.8) is 0 Å². The Labute approximate surface area is 151 Å². The van der Waals surface area contributed by atoms with Crippen molar-refractivity contribution in [1.29, 1.82) is 0 Å². The van der Waals surface area contributed by atoms with Crippen LogP contribution in [0.5, 0.6) is 0 Å². The molecular formula is C18H22ClN3O3. The van der Waals surface area contributed by atoms with Gasteiger partial charge in [0.25, 0.3) is 5.91 Å². The highest BCUT2D eigenvalue weighted by Gasteiger charge is 2.43. The second-order valence-corrected chi connectivity index (χ2v) is 7.24. The first-order chi connectivity index (χ1) is 12.1. The van der Waals surface area contributed by atoms with Gasteiger partial charge in [-0.3, -0.25) is 4.79 Å². The monoisotopic (exact) mass is 363 g/mol. The maximum atomic E-state index is 12.8. The van der Waals surface area contributed by atoms with Crippen molar-refractivity contribution in [3.8, 4) is 0 Å². The number of aromatic nitrogens is 2. The smallest absolute Gasteiger partial charge is 0.274 e. The predicted molar refractivity (Wildman–Crippen MR) is 94.1 cm³/mol. The first-order valence-corrected chi connectivity index (χ1v) is 9.15. The Morgan fingerprint density at radius 1 is 1.40 bits per heavy atom. The number of carbonyl (C=O) groups excluding carboxylic acids is 1. The third-order valence-electron chi connectivity index (χ3n) is 5.17. The van der Waals surface area contributed by atoms with Crippen molar-refractivity contribution in [1.82, 2.24) is 14.3 Å². The normalized spacial score (nSPS) is 22.8. The second kappa shape index (κ2) is 6.59. The molecule has 1 amide bonds. The van der Waals surface area contributed by atoms with E-state index >= 15 is 0 Å². The summed E-state index contributed by atoms with van der Waals surface area (Å²) in [5.41, 5.74) is 1.06. The van der Waals surface area contributed by atoms with Gasteiger partial charge < -0.3 is 18.8 Å². The molecule has 0 aromatic carbocycles. The summed E-state index contributed by atoms with van der Waals surface area (Å²) in [6.45, 7) is 4.76. The quantitative estimate of drug-likeness (QED) is 0.841. The van der Waals surface area contributed by atoms with Gasteiger partial charge >= 0.3 is 0 Å². The first kappa shape index (κ1) is 16.8. The first-order valence-electron chi connectivity index (χ1n) is 8.78. The average Bonchev–Trinajstić information content (AvgIpc) is 3.19. The SMILES string of the molecule is CCOC1COC2(CCN(C(=O)c3cn4cc(Cl)ccc4n3)CC2)C1. The summed E-state index contributed by atoms with van der Waals surface area (Å²) in [6.07, 6.45) is 6.31. The standard InChI is InChI=1S/C18H22ClN3O3/c1-2-24-14-9-18(25-12-14)5-7-21(8-6-18)17(23)15-11-22-10-13(19)3-4-16(22)20-15/h3-4,10-11,14H,2,5-9,12H2,1H3. The Bertz CT molecular complexity index is 783. The average molecular weight is 364 g/mol. The highest BCUT2D eigenvalue weighted by atomic mass is 35.5. The number of carbonyl (C=O) groups is 1. The number of imidazole rings is 1. The summed E-state index contributed by atoms with van der Waals surface area (Å²) < 4.78 is 13.5. The molecule has 1 atom stereocenters. The van der Waals surface area contributed by atoms with E-state index in [9.17, 15) is 4.79 Å². The molecule has 4 rings (SSSR count). The molecule has 25 heavy (non-hydrogen) atoms. The number of ether oxygens (including phenoxy) is 2.